The fraction of sp³-hybridized carbons (Fsp3) is 0.286. The number of carboxylic acids is 1. The summed E-state index contributed by atoms with van der Waals surface area (Å²) in [6, 6.07) is 9.48. The van der Waals surface area contributed by atoms with Crippen LogP contribution in [0.25, 0.3) is 0 Å². The van der Waals surface area contributed by atoms with Gasteiger partial charge in [-0.15, -0.1) is 0 Å². The van der Waals surface area contributed by atoms with Crippen LogP contribution >= 0.6 is 0 Å². The van der Waals surface area contributed by atoms with Gasteiger partial charge < -0.3 is 10.4 Å². The lowest BCUT2D eigenvalue weighted by Gasteiger charge is -2.08. The molecule has 100 valence electrons. The van der Waals surface area contributed by atoms with Crippen molar-refractivity contribution in [3.63, 3.8) is 0 Å². The minimum atomic E-state index is -0.806. The largest absolute Gasteiger partial charge is 0.481 e. The molecule has 1 unspecified atom stereocenters. The second kappa shape index (κ2) is 5.56. The summed E-state index contributed by atoms with van der Waals surface area (Å²) in [5.74, 6) is -0.456. The highest BCUT2D eigenvalue weighted by Crippen LogP contribution is 2.16. The van der Waals surface area contributed by atoms with Gasteiger partial charge in [0.25, 0.3) is 0 Å². The van der Waals surface area contributed by atoms with Gasteiger partial charge >= 0.3 is 5.97 Å². The Morgan fingerprint density at radius 1 is 1.37 bits per heavy atom. The average Bonchev–Trinajstić information content (AvgIpc) is 2.82. The predicted molar refractivity (Wildman–Crippen MR) is 73.0 cm³/mol. The number of carbonyl (C=O) groups is 1. The number of carboxylic acid groups (broad SMARTS) is 1. The molecular weight excluding hydrogens is 242 g/mol. The second-order valence-electron chi connectivity index (χ2n) is 4.53. The first-order chi connectivity index (χ1) is 9.06. The third-order valence-electron chi connectivity index (χ3n) is 3.04. The first-order valence-electron chi connectivity index (χ1n) is 6.11. The summed E-state index contributed by atoms with van der Waals surface area (Å²) in [5, 5.41) is 16.4. The molecule has 0 spiro atoms. The van der Waals surface area contributed by atoms with Crippen LogP contribution in [0.15, 0.2) is 36.5 Å². The number of hydrogen-bond donors (Lipinski definition) is 2. The highest BCUT2D eigenvalue weighted by Gasteiger charge is 2.12. The van der Waals surface area contributed by atoms with Crippen LogP contribution in [0, 0.1) is 0 Å². The normalized spacial score (nSPS) is 12.1. The Balaban J connectivity index is 1.97. The molecule has 0 bridgehead atoms. The monoisotopic (exact) mass is 259 g/mol. The summed E-state index contributed by atoms with van der Waals surface area (Å²) >= 11 is 0. The van der Waals surface area contributed by atoms with Gasteiger partial charge in [-0.05, 0) is 18.1 Å². The predicted octanol–water partition coefficient (Wildman–Crippen LogP) is 2.22. The summed E-state index contributed by atoms with van der Waals surface area (Å²) < 4.78 is 1.74. The molecular formula is C14H17N3O2. The van der Waals surface area contributed by atoms with E-state index in [9.17, 15) is 4.79 Å². The molecule has 2 N–H and O–H groups in total. The van der Waals surface area contributed by atoms with Crippen LogP contribution in [0.1, 0.15) is 24.0 Å². The van der Waals surface area contributed by atoms with Crippen LogP contribution < -0.4 is 5.32 Å². The number of nitrogens with zero attached hydrogens (tertiary/aromatic N) is 2. The number of benzene rings is 1. The molecule has 5 heteroatoms. The Labute approximate surface area is 111 Å². The Hall–Kier alpha value is -2.30. The molecule has 0 aliphatic heterocycles. The van der Waals surface area contributed by atoms with Crippen molar-refractivity contribution in [2.24, 2.45) is 7.05 Å². The fourth-order valence-corrected chi connectivity index (χ4v) is 1.77. The Morgan fingerprint density at radius 2 is 2.05 bits per heavy atom. The molecule has 0 saturated carbocycles. The van der Waals surface area contributed by atoms with Gasteiger partial charge in [0.15, 0.2) is 0 Å². The zero-order chi connectivity index (χ0) is 13.8. The lowest BCUT2D eigenvalue weighted by atomic mass is 10.0. The number of aryl methyl sites for hydroxylation is 1. The molecule has 1 aromatic carbocycles. The van der Waals surface area contributed by atoms with E-state index in [0.29, 0.717) is 6.54 Å². The van der Waals surface area contributed by atoms with E-state index in [2.05, 4.69) is 10.4 Å². The number of rotatable bonds is 5. The maximum atomic E-state index is 10.9. The number of aliphatic carboxylic acids is 1. The summed E-state index contributed by atoms with van der Waals surface area (Å²) in [7, 11) is 1.87. The minimum absolute atomic E-state index is 0.474. The summed E-state index contributed by atoms with van der Waals surface area (Å²) in [6.07, 6.45) is 1.87. The number of nitrogens with one attached hydrogen (secondary N) is 1. The molecule has 2 rings (SSSR count). The van der Waals surface area contributed by atoms with E-state index in [4.69, 9.17) is 5.11 Å². The second-order valence-corrected chi connectivity index (χ2v) is 4.53. The van der Waals surface area contributed by atoms with Gasteiger partial charge in [0, 0.05) is 25.9 Å². The number of aromatic nitrogens is 2. The van der Waals surface area contributed by atoms with Crippen molar-refractivity contribution < 1.29 is 9.90 Å². The van der Waals surface area contributed by atoms with E-state index in [-0.39, 0.29) is 0 Å². The lowest BCUT2D eigenvalue weighted by molar-refractivity contribution is -0.138. The number of hydrogen-bond acceptors (Lipinski definition) is 3. The zero-order valence-electron chi connectivity index (χ0n) is 11.0. The van der Waals surface area contributed by atoms with Crippen LogP contribution in [-0.4, -0.2) is 20.9 Å². The van der Waals surface area contributed by atoms with Crippen molar-refractivity contribution in [2.45, 2.75) is 19.4 Å². The van der Waals surface area contributed by atoms with E-state index in [1.165, 1.54) is 0 Å². The Morgan fingerprint density at radius 3 is 2.58 bits per heavy atom. The third kappa shape index (κ3) is 3.34. The molecule has 0 aliphatic rings. The molecule has 1 aromatic heterocycles. The van der Waals surface area contributed by atoms with E-state index in [1.807, 2.05) is 43.6 Å². The highest BCUT2D eigenvalue weighted by atomic mass is 16.4. The molecule has 0 amide bonds. The fourth-order valence-electron chi connectivity index (χ4n) is 1.77. The first-order valence-corrected chi connectivity index (χ1v) is 6.11. The smallest absolute Gasteiger partial charge is 0.310 e. The van der Waals surface area contributed by atoms with Crippen molar-refractivity contribution in [1.29, 1.82) is 0 Å². The van der Waals surface area contributed by atoms with Crippen LogP contribution in [0.3, 0.4) is 0 Å². The van der Waals surface area contributed by atoms with Crippen molar-refractivity contribution in [1.82, 2.24) is 9.78 Å². The molecule has 2 aromatic rings. The quantitative estimate of drug-likeness (QED) is 0.864. The van der Waals surface area contributed by atoms with Crippen LogP contribution in [-0.2, 0) is 18.4 Å². The van der Waals surface area contributed by atoms with Gasteiger partial charge in [-0.3, -0.25) is 9.48 Å². The number of anilines is 1. The van der Waals surface area contributed by atoms with Crippen LogP contribution in [0.2, 0.25) is 0 Å². The molecule has 0 fully saturated rings. The van der Waals surface area contributed by atoms with Gasteiger partial charge in [-0.1, -0.05) is 24.3 Å². The maximum absolute atomic E-state index is 10.9. The van der Waals surface area contributed by atoms with Gasteiger partial charge in [0.2, 0.25) is 0 Å². The maximum Gasteiger partial charge on any atom is 0.310 e. The van der Waals surface area contributed by atoms with Crippen LogP contribution in [0.4, 0.5) is 5.82 Å². The average molecular weight is 259 g/mol. The van der Waals surface area contributed by atoms with E-state index < -0.39 is 11.9 Å². The van der Waals surface area contributed by atoms with E-state index in [0.717, 1.165) is 16.9 Å². The molecule has 0 aliphatic carbocycles. The van der Waals surface area contributed by atoms with Gasteiger partial charge in [-0.25, -0.2) is 0 Å². The molecule has 0 radical (unpaired) electrons. The van der Waals surface area contributed by atoms with Crippen molar-refractivity contribution in [2.75, 3.05) is 5.32 Å². The Bertz CT molecular complexity index is 560. The molecule has 1 atom stereocenters. The summed E-state index contributed by atoms with van der Waals surface area (Å²) in [4.78, 5) is 10.9. The topological polar surface area (TPSA) is 67.2 Å². The van der Waals surface area contributed by atoms with E-state index in [1.54, 1.807) is 11.6 Å². The van der Waals surface area contributed by atoms with Crippen molar-refractivity contribution >= 4 is 11.8 Å². The molecule has 1 heterocycles. The minimum Gasteiger partial charge on any atom is -0.481 e. The van der Waals surface area contributed by atoms with Crippen LogP contribution in [0.5, 0.6) is 0 Å². The Kier molecular flexibility index (Phi) is 3.85. The SMILES string of the molecule is CC(C(=O)O)c1ccc(CNc2ccn(C)n2)cc1. The third-order valence-corrected chi connectivity index (χ3v) is 3.04. The van der Waals surface area contributed by atoms with Gasteiger partial charge in [-0.2, -0.15) is 5.10 Å². The van der Waals surface area contributed by atoms with Crippen molar-refractivity contribution in [3.8, 4) is 0 Å². The summed E-state index contributed by atoms with van der Waals surface area (Å²) in [6.45, 7) is 2.35. The lowest BCUT2D eigenvalue weighted by Crippen LogP contribution is -2.07. The standard InChI is InChI=1S/C14H17N3O2/c1-10(14(18)19)12-5-3-11(4-6-12)9-15-13-7-8-17(2)16-13/h3-8,10H,9H2,1-2H3,(H,15,16)(H,18,19). The highest BCUT2D eigenvalue weighted by molar-refractivity contribution is 5.75. The zero-order valence-corrected chi connectivity index (χ0v) is 11.0. The van der Waals surface area contributed by atoms with Gasteiger partial charge in [0.05, 0.1) is 5.92 Å². The van der Waals surface area contributed by atoms with E-state index >= 15 is 0 Å². The van der Waals surface area contributed by atoms with Crippen molar-refractivity contribution in [3.05, 3.63) is 47.7 Å². The molecule has 0 saturated heterocycles. The molecule has 19 heavy (non-hydrogen) atoms. The summed E-state index contributed by atoms with van der Waals surface area (Å²) in [5.41, 5.74) is 1.90. The van der Waals surface area contributed by atoms with Gasteiger partial charge in [0.1, 0.15) is 5.82 Å². The molecule has 5 nitrogen and oxygen atoms in total. The first kappa shape index (κ1) is 13.1.